The number of amides is 1. The molecule has 1 fully saturated rings. The van der Waals surface area contributed by atoms with Gasteiger partial charge in [-0.3, -0.25) is 4.79 Å². The Morgan fingerprint density at radius 2 is 1.91 bits per heavy atom. The Kier molecular flexibility index (Phi) is 6.18. The minimum atomic E-state index is -0.617. The smallest absolute Gasteiger partial charge is 0.223 e. The van der Waals surface area contributed by atoms with Gasteiger partial charge in [0.2, 0.25) is 5.91 Å². The molecule has 2 aliphatic heterocycles. The quantitative estimate of drug-likeness (QED) is 0.574. The summed E-state index contributed by atoms with van der Waals surface area (Å²) in [7, 11) is 0. The second kappa shape index (κ2) is 8.89. The van der Waals surface area contributed by atoms with Crippen LogP contribution in [0.1, 0.15) is 58.1 Å². The summed E-state index contributed by atoms with van der Waals surface area (Å²) >= 11 is 0. The molecule has 1 amide bonds. The van der Waals surface area contributed by atoms with Gasteiger partial charge in [-0.15, -0.1) is 0 Å². The molecular weight excluding hydrogens is 400 g/mol. The van der Waals surface area contributed by atoms with E-state index >= 15 is 0 Å². The number of benzene rings is 2. The summed E-state index contributed by atoms with van der Waals surface area (Å²) in [5.41, 5.74) is 2.55. The Morgan fingerprint density at radius 1 is 1.09 bits per heavy atom. The average molecular weight is 435 g/mol. The Hall–Kier alpha value is -2.95. The standard InChI is InChI=1S/C27H34N2O3/c1-5-7-18-32-23-13-12-20(19-24(23)31-6-2)14-16-27-26(3,4)21-10-8-9-11-22(21)29(27)17-15-25(30)28-27/h8-14,16,19H,5-7,15,17-18H2,1-4H3,(H,28,30). The summed E-state index contributed by atoms with van der Waals surface area (Å²) in [6.45, 7) is 10.5. The van der Waals surface area contributed by atoms with Crippen molar-refractivity contribution in [3.05, 3.63) is 59.7 Å². The van der Waals surface area contributed by atoms with Crippen molar-refractivity contribution in [1.82, 2.24) is 5.32 Å². The molecule has 0 aromatic heterocycles. The van der Waals surface area contributed by atoms with Gasteiger partial charge in [0.25, 0.3) is 0 Å². The van der Waals surface area contributed by atoms with Gasteiger partial charge in [0.05, 0.1) is 13.2 Å². The number of hydrogen-bond acceptors (Lipinski definition) is 4. The number of anilines is 1. The van der Waals surface area contributed by atoms with Gasteiger partial charge in [-0.2, -0.15) is 0 Å². The van der Waals surface area contributed by atoms with E-state index in [-0.39, 0.29) is 11.3 Å². The third-order valence-electron chi connectivity index (χ3n) is 6.68. The molecule has 1 unspecified atom stereocenters. The number of carbonyl (C=O) groups is 1. The van der Waals surface area contributed by atoms with Crippen molar-refractivity contribution in [2.45, 2.75) is 58.0 Å². The molecule has 0 spiro atoms. The minimum absolute atomic E-state index is 0.0847. The zero-order valence-corrected chi connectivity index (χ0v) is 19.6. The Balaban J connectivity index is 1.69. The van der Waals surface area contributed by atoms with E-state index in [1.54, 1.807) is 0 Å². The highest BCUT2D eigenvalue weighted by molar-refractivity contribution is 5.84. The predicted molar refractivity (Wildman–Crippen MR) is 129 cm³/mol. The van der Waals surface area contributed by atoms with Gasteiger partial charge in [0.15, 0.2) is 11.5 Å². The molecule has 32 heavy (non-hydrogen) atoms. The third-order valence-corrected chi connectivity index (χ3v) is 6.68. The zero-order chi connectivity index (χ0) is 22.8. The molecule has 0 radical (unpaired) electrons. The fourth-order valence-corrected chi connectivity index (χ4v) is 4.88. The number of fused-ring (bicyclic) bond motifs is 3. The Morgan fingerprint density at radius 3 is 2.69 bits per heavy atom. The number of unbranched alkanes of at least 4 members (excludes halogenated alkanes) is 1. The molecule has 170 valence electrons. The van der Waals surface area contributed by atoms with Crippen LogP contribution in [0.25, 0.3) is 6.08 Å². The van der Waals surface area contributed by atoms with Crippen molar-refractivity contribution in [3.63, 3.8) is 0 Å². The minimum Gasteiger partial charge on any atom is -0.490 e. The molecule has 0 aliphatic carbocycles. The molecule has 1 N–H and O–H groups in total. The van der Waals surface area contributed by atoms with Crippen LogP contribution in [0, 0.1) is 0 Å². The number of carbonyl (C=O) groups excluding carboxylic acids is 1. The van der Waals surface area contributed by atoms with Crippen molar-refractivity contribution in [2.24, 2.45) is 0 Å². The van der Waals surface area contributed by atoms with Gasteiger partial charge in [-0.25, -0.2) is 0 Å². The van der Waals surface area contributed by atoms with Gasteiger partial charge in [0, 0.05) is 24.1 Å². The Bertz CT molecular complexity index is 1010. The first-order valence-electron chi connectivity index (χ1n) is 11.7. The van der Waals surface area contributed by atoms with Crippen LogP contribution >= 0.6 is 0 Å². The maximum Gasteiger partial charge on any atom is 0.223 e. The monoisotopic (exact) mass is 434 g/mol. The number of hydrogen-bond donors (Lipinski definition) is 1. The number of nitrogens with one attached hydrogen (secondary N) is 1. The van der Waals surface area contributed by atoms with Crippen LogP contribution in [-0.4, -0.2) is 31.3 Å². The molecule has 1 atom stereocenters. The van der Waals surface area contributed by atoms with Crippen LogP contribution in [0.3, 0.4) is 0 Å². The molecule has 0 bridgehead atoms. The second-order valence-electron chi connectivity index (χ2n) is 9.03. The van der Waals surface area contributed by atoms with Gasteiger partial charge >= 0.3 is 0 Å². The van der Waals surface area contributed by atoms with E-state index in [9.17, 15) is 4.79 Å². The summed E-state index contributed by atoms with van der Waals surface area (Å²) in [5, 5.41) is 3.33. The summed E-state index contributed by atoms with van der Waals surface area (Å²) in [5.74, 6) is 1.61. The van der Waals surface area contributed by atoms with Crippen molar-refractivity contribution >= 4 is 17.7 Å². The van der Waals surface area contributed by atoms with Crippen LogP contribution < -0.4 is 19.7 Å². The van der Waals surface area contributed by atoms with E-state index in [1.807, 2.05) is 25.1 Å². The molecule has 2 aromatic rings. The molecular formula is C27H34N2O3. The predicted octanol–water partition coefficient (Wildman–Crippen LogP) is 5.29. The first-order valence-corrected chi connectivity index (χ1v) is 11.7. The van der Waals surface area contributed by atoms with Crippen molar-refractivity contribution < 1.29 is 14.3 Å². The SMILES string of the molecule is CCCCOc1ccc(C=CC23NC(=O)CCN2c2ccccc2C3(C)C)cc1OCC. The Labute approximate surface area is 191 Å². The number of ether oxygens (including phenoxy) is 2. The summed E-state index contributed by atoms with van der Waals surface area (Å²) in [6, 6.07) is 14.5. The fraction of sp³-hybridized carbons (Fsp3) is 0.444. The lowest BCUT2D eigenvalue weighted by Crippen LogP contribution is -2.68. The van der Waals surface area contributed by atoms with Gasteiger partial charge < -0.3 is 19.7 Å². The van der Waals surface area contributed by atoms with Crippen LogP contribution in [0.15, 0.2) is 48.5 Å². The van der Waals surface area contributed by atoms with E-state index in [1.165, 1.54) is 11.3 Å². The molecule has 0 saturated carbocycles. The average Bonchev–Trinajstić information content (AvgIpc) is 2.98. The van der Waals surface area contributed by atoms with Crippen LogP contribution in [0.5, 0.6) is 11.5 Å². The molecule has 2 aliphatic rings. The molecule has 2 aromatic carbocycles. The van der Waals surface area contributed by atoms with Gasteiger partial charge in [-0.1, -0.05) is 57.5 Å². The van der Waals surface area contributed by atoms with E-state index < -0.39 is 5.66 Å². The lowest BCUT2D eigenvalue weighted by atomic mass is 9.74. The van der Waals surface area contributed by atoms with E-state index in [4.69, 9.17) is 9.47 Å². The van der Waals surface area contributed by atoms with Crippen LogP contribution in [0.2, 0.25) is 0 Å². The molecule has 1 saturated heterocycles. The highest BCUT2D eigenvalue weighted by Gasteiger charge is 2.57. The zero-order valence-electron chi connectivity index (χ0n) is 19.6. The third kappa shape index (κ3) is 3.74. The summed E-state index contributed by atoms with van der Waals surface area (Å²) in [6.07, 6.45) is 6.84. The first kappa shape index (κ1) is 22.3. The van der Waals surface area contributed by atoms with Gasteiger partial charge in [0.1, 0.15) is 5.66 Å². The highest BCUT2D eigenvalue weighted by atomic mass is 16.5. The normalized spacial score (nSPS) is 21.2. The van der Waals surface area contributed by atoms with Crippen molar-refractivity contribution in [1.29, 1.82) is 0 Å². The fourth-order valence-electron chi connectivity index (χ4n) is 4.88. The molecule has 4 rings (SSSR count). The van der Waals surface area contributed by atoms with E-state index in [0.29, 0.717) is 26.2 Å². The number of para-hydroxylation sites is 1. The van der Waals surface area contributed by atoms with E-state index in [0.717, 1.165) is 29.9 Å². The number of nitrogens with zero attached hydrogens (tertiary/aromatic N) is 1. The van der Waals surface area contributed by atoms with Crippen LogP contribution in [-0.2, 0) is 10.2 Å². The summed E-state index contributed by atoms with van der Waals surface area (Å²) in [4.78, 5) is 14.9. The number of rotatable bonds is 8. The maximum absolute atomic E-state index is 12.6. The lowest BCUT2D eigenvalue weighted by molar-refractivity contribution is -0.124. The topological polar surface area (TPSA) is 50.8 Å². The van der Waals surface area contributed by atoms with Crippen molar-refractivity contribution in [3.8, 4) is 11.5 Å². The summed E-state index contributed by atoms with van der Waals surface area (Å²) < 4.78 is 11.8. The second-order valence-corrected chi connectivity index (χ2v) is 9.03. The van der Waals surface area contributed by atoms with Crippen molar-refractivity contribution in [2.75, 3.05) is 24.7 Å². The van der Waals surface area contributed by atoms with Crippen LogP contribution in [0.4, 0.5) is 5.69 Å². The highest BCUT2D eigenvalue weighted by Crippen LogP contribution is 2.52. The molecule has 5 nitrogen and oxygen atoms in total. The maximum atomic E-state index is 12.6. The lowest BCUT2D eigenvalue weighted by Gasteiger charge is -2.49. The first-order chi connectivity index (χ1) is 15.4. The van der Waals surface area contributed by atoms with Gasteiger partial charge in [-0.05, 0) is 48.7 Å². The largest absolute Gasteiger partial charge is 0.490 e. The molecule has 2 heterocycles. The molecule has 5 heteroatoms. The van der Waals surface area contributed by atoms with E-state index in [2.05, 4.69) is 67.4 Å².